The van der Waals surface area contributed by atoms with E-state index in [-0.39, 0.29) is 5.91 Å². The van der Waals surface area contributed by atoms with E-state index in [0.717, 1.165) is 31.1 Å². The normalized spacial score (nSPS) is 16.7. The molecule has 1 aliphatic rings. The van der Waals surface area contributed by atoms with Gasteiger partial charge in [0, 0.05) is 17.8 Å². The van der Waals surface area contributed by atoms with E-state index in [1.165, 1.54) is 25.8 Å². The Labute approximate surface area is 140 Å². The Morgan fingerprint density at radius 3 is 2.70 bits per heavy atom. The summed E-state index contributed by atoms with van der Waals surface area (Å²) >= 11 is 0. The van der Waals surface area contributed by atoms with E-state index in [1.54, 1.807) is 6.07 Å². The molecule has 4 heteroatoms. The van der Waals surface area contributed by atoms with Crippen LogP contribution in [0.15, 0.2) is 18.2 Å². The number of nitrogens with two attached hydrogens (primary N) is 1. The minimum atomic E-state index is -0.00274. The van der Waals surface area contributed by atoms with Crippen molar-refractivity contribution in [1.29, 1.82) is 0 Å². The zero-order chi connectivity index (χ0) is 16.8. The lowest BCUT2D eigenvalue weighted by atomic mass is 9.96. The molecule has 1 saturated heterocycles. The van der Waals surface area contributed by atoms with Crippen LogP contribution in [-0.4, -0.2) is 37.0 Å². The topological polar surface area (TPSA) is 58.4 Å². The number of hydrogen-bond donors (Lipinski definition) is 2. The molecule has 128 valence electrons. The van der Waals surface area contributed by atoms with Crippen LogP contribution in [-0.2, 0) is 0 Å². The molecule has 1 fully saturated rings. The van der Waals surface area contributed by atoms with Gasteiger partial charge >= 0.3 is 0 Å². The predicted octanol–water partition coefficient (Wildman–Crippen LogP) is 3.07. The summed E-state index contributed by atoms with van der Waals surface area (Å²) in [5, 5.41) is 3.09. The minimum absolute atomic E-state index is 0.00274. The van der Waals surface area contributed by atoms with E-state index in [4.69, 9.17) is 5.73 Å². The van der Waals surface area contributed by atoms with E-state index in [2.05, 4.69) is 24.1 Å². The monoisotopic (exact) mass is 317 g/mol. The van der Waals surface area contributed by atoms with Crippen LogP contribution in [0.5, 0.6) is 0 Å². The predicted molar refractivity (Wildman–Crippen MR) is 96.5 cm³/mol. The first kappa shape index (κ1) is 17.8. The molecular formula is C19H31N3O. The molecule has 1 amide bonds. The fourth-order valence-electron chi connectivity index (χ4n) is 3.07. The summed E-state index contributed by atoms with van der Waals surface area (Å²) in [5.41, 5.74) is 8.09. The first-order valence-electron chi connectivity index (χ1n) is 8.82. The van der Waals surface area contributed by atoms with Gasteiger partial charge in [0.2, 0.25) is 0 Å². The standard InChI is InChI=1S/C19H31N3O/c1-14(2)6-9-22-10-7-16(8-11-22)13-21-19(23)18-12-17(20)5-4-15(18)3/h4-5,12,14,16H,6-11,13,20H2,1-3H3,(H,21,23). The second-order valence-corrected chi connectivity index (χ2v) is 7.25. The van der Waals surface area contributed by atoms with E-state index in [0.29, 0.717) is 17.2 Å². The van der Waals surface area contributed by atoms with Crippen LogP contribution in [0.25, 0.3) is 0 Å². The Balaban J connectivity index is 1.75. The number of hydrogen-bond acceptors (Lipinski definition) is 3. The number of piperidine rings is 1. The summed E-state index contributed by atoms with van der Waals surface area (Å²) in [4.78, 5) is 14.9. The molecule has 0 atom stereocenters. The summed E-state index contributed by atoms with van der Waals surface area (Å²) in [6, 6.07) is 5.50. The van der Waals surface area contributed by atoms with Gasteiger partial charge in [-0.05, 0) is 75.4 Å². The number of aryl methyl sites for hydroxylation is 1. The first-order valence-corrected chi connectivity index (χ1v) is 8.82. The molecule has 0 aliphatic carbocycles. The molecule has 23 heavy (non-hydrogen) atoms. The molecule has 0 aromatic heterocycles. The maximum absolute atomic E-state index is 12.3. The summed E-state index contributed by atoms with van der Waals surface area (Å²) in [7, 11) is 0. The number of nitrogens with zero attached hydrogens (tertiary/aromatic N) is 1. The van der Waals surface area contributed by atoms with Gasteiger partial charge in [0.15, 0.2) is 0 Å². The van der Waals surface area contributed by atoms with Crippen LogP contribution in [0.2, 0.25) is 0 Å². The highest BCUT2D eigenvalue weighted by atomic mass is 16.1. The molecule has 0 bridgehead atoms. The van der Waals surface area contributed by atoms with E-state index in [1.807, 2.05) is 19.1 Å². The summed E-state index contributed by atoms with van der Waals surface area (Å²) < 4.78 is 0. The third kappa shape index (κ3) is 5.54. The SMILES string of the molecule is Cc1ccc(N)cc1C(=O)NCC1CCN(CCC(C)C)CC1. The van der Waals surface area contributed by atoms with Crippen LogP contribution in [0, 0.1) is 18.8 Å². The van der Waals surface area contributed by atoms with Crippen molar-refractivity contribution in [1.82, 2.24) is 10.2 Å². The smallest absolute Gasteiger partial charge is 0.251 e. The minimum Gasteiger partial charge on any atom is -0.399 e. The molecule has 1 aliphatic heterocycles. The number of nitrogen functional groups attached to an aromatic ring is 1. The molecule has 1 aromatic rings. The zero-order valence-electron chi connectivity index (χ0n) is 14.8. The average Bonchev–Trinajstić information content (AvgIpc) is 2.53. The van der Waals surface area contributed by atoms with Crippen molar-refractivity contribution in [2.45, 2.75) is 40.0 Å². The second-order valence-electron chi connectivity index (χ2n) is 7.25. The Bertz CT molecular complexity index is 519. The average molecular weight is 317 g/mol. The van der Waals surface area contributed by atoms with Gasteiger partial charge in [0.1, 0.15) is 0 Å². The third-order valence-electron chi connectivity index (χ3n) is 4.79. The molecule has 0 spiro atoms. The Hall–Kier alpha value is -1.55. The lowest BCUT2D eigenvalue weighted by Crippen LogP contribution is -2.39. The van der Waals surface area contributed by atoms with Crippen molar-refractivity contribution in [2.24, 2.45) is 11.8 Å². The van der Waals surface area contributed by atoms with E-state index in [9.17, 15) is 4.79 Å². The van der Waals surface area contributed by atoms with Crippen LogP contribution in [0.1, 0.15) is 49.0 Å². The molecule has 0 saturated carbocycles. The molecule has 3 N–H and O–H groups in total. The van der Waals surface area contributed by atoms with Crippen LogP contribution < -0.4 is 11.1 Å². The maximum atomic E-state index is 12.3. The Kier molecular flexibility index (Phi) is 6.46. The number of likely N-dealkylation sites (tertiary alicyclic amines) is 1. The van der Waals surface area contributed by atoms with Crippen LogP contribution in [0.4, 0.5) is 5.69 Å². The number of nitrogens with one attached hydrogen (secondary N) is 1. The molecule has 1 heterocycles. The van der Waals surface area contributed by atoms with Gasteiger partial charge in [-0.2, -0.15) is 0 Å². The first-order chi connectivity index (χ1) is 11.0. The van der Waals surface area contributed by atoms with Crippen molar-refractivity contribution >= 4 is 11.6 Å². The Morgan fingerprint density at radius 1 is 1.35 bits per heavy atom. The Morgan fingerprint density at radius 2 is 2.04 bits per heavy atom. The van der Waals surface area contributed by atoms with E-state index < -0.39 is 0 Å². The van der Waals surface area contributed by atoms with Gasteiger partial charge in [-0.1, -0.05) is 19.9 Å². The highest BCUT2D eigenvalue weighted by molar-refractivity contribution is 5.96. The zero-order valence-corrected chi connectivity index (χ0v) is 14.8. The lowest BCUT2D eigenvalue weighted by Gasteiger charge is -2.32. The van der Waals surface area contributed by atoms with E-state index >= 15 is 0 Å². The van der Waals surface area contributed by atoms with Crippen LogP contribution >= 0.6 is 0 Å². The molecular weight excluding hydrogens is 286 g/mol. The number of carbonyl (C=O) groups is 1. The van der Waals surface area contributed by atoms with Gasteiger partial charge in [-0.25, -0.2) is 0 Å². The van der Waals surface area contributed by atoms with Gasteiger partial charge in [-0.3, -0.25) is 4.79 Å². The lowest BCUT2D eigenvalue weighted by molar-refractivity contribution is 0.0935. The molecule has 0 radical (unpaired) electrons. The fraction of sp³-hybridized carbons (Fsp3) is 0.632. The van der Waals surface area contributed by atoms with Crippen LogP contribution in [0.3, 0.4) is 0 Å². The number of rotatable bonds is 6. The number of anilines is 1. The maximum Gasteiger partial charge on any atom is 0.251 e. The van der Waals surface area contributed by atoms with Crippen molar-refractivity contribution in [3.63, 3.8) is 0 Å². The van der Waals surface area contributed by atoms with Crippen molar-refractivity contribution in [3.05, 3.63) is 29.3 Å². The number of benzene rings is 1. The molecule has 0 unspecified atom stereocenters. The number of amides is 1. The van der Waals surface area contributed by atoms with Gasteiger partial charge in [-0.15, -0.1) is 0 Å². The summed E-state index contributed by atoms with van der Waals surface area (Å²) in [6.07, 6.45) is 3.62. The number of carbonyl (C=O) groups excluding carboxylic acids is 1. The summed E-state index contributed by atoms with van der Waals surface area (Å²) in [6.45, 7) is 10.8. The van der Waals surface area contributed by atoms with Crippen molar-refractivity contribution in [3.8, 4) is 0 Å². The van der Waals surface area contributed by atoms with Gasteiger partial charge < -0.3 is 16.0 Å². The third-order valence-corrected chi connectivity index (χ3v) is 4.79. The highest BCUT2D eigenvalue weighted by Gasteiger charge is 2.20. The fourth-order valence-corrected chi connectivity index (χ4v) is 3.07. The quantitative estimate of drug-likeness (QED) is 0.793. The van der Waals surface area contributed by atoms with Crippen molar-refractivity contribution < 1.29 is 4.79 Å². The molecule has 1 aromatic carbocycles. The second kappa shape index (κ2) is 8.34. The highest BCUT2D eigenvalue weighted by Crippen LogP contribution is 2.18. The van der Waals surface area contributed by atoms with Gasteiger partial charge in [0.25, 0.3) is 5.91 Å². The molecule has 4 nitrogen and oxygen atoms in total. The molecule has 2 rings (SSSR count). The largest absolute Gasteiger partial charge is 0.399 e. The van der Waals surface area contributed by atoms with Gasteiger partial charge in [0.05, 0.1) is 0 Å². The van der Waals surface area contributed by atoms with Crippen molar-refractivity contribution in [2.75, 3.05) is 31.9 Å². The summed E-state index contributed by atoms with van der Waals surface area (Å²) in [5.74, 6) is 1.36.